The minimum Gasteiger partial charge on any atom is -0.495 e. The first-order valence-electron chi connectivity index (χ1n) is 8.08. The Labute approximate surface area is 151 Å². The fraction of sp³-hybridized carbons (Fsp3) is 0.263. The van der Waals surface area contributed by atoms with Crippen LogP contribution in [0, 0.1) is 6.92 Å². The van der Waals surface area contributed by atoms with Crippen molar-refractivity contribution in [1.82, 2.24) is 10.2 Å². The van der Waals surface area contributed by atoms with Crippen molar-refractivity contribution in [2.75, 3.05) is 26.6 Å². The third-order valence-corrected chi connectivity index (χ3v) is 3.88. The lowest BCUT2D eigenvalue weighted by Crippen LogP contribution is -2.02. The molecule has 0 aliphatic heterocycles. The summed E-state index contributed by atoms with van der Waals surface area (Å²) in [4.78, 5) is 0. The second kappa shape index (κ2) is 7.77. The van der Waals surface area contributed by atoms with E-state index in [9.17, 15) is 0 Å². The van der Waals surface area contributed by atoms with Gasteiger partial charge in [-0.15, -0.1) is 10.2 Å². The van der Waals surface area contributed by atoms with Gasteiger partial charge in [-0.25, -0.2) is 0 Å². The molecule has 0 fully saturated rings. The Balaban J connectivity index is 1.75. The largest absolute Gasteiger partial charge is 0.495 e. The number of hydrogen-bond acceptors (Lipinski definition) is 7. The van der Waals surface area contributed by atoms with Gasteiger partial charge >= 0.3 is 0 Å². The number of nitrogens with one attached hydrogen (secondary N) is 1. The van der Waals surface area contributed by atoms with Crippen LogP contribution < -0.4 is 19.5 Å². The average Bonchev–Trinajstić information content (AvgIpc) is 3.15. The SMILES string of the molecule is COc1ccc(C)cc1NCc1nnc(-c2ccc(OC)c(OC)c2)o1. The molecule has 1 N–H and O–H groups in total. The molecule has 3 aromatic rings. The van der Waals surface area contributed by atoms with E-state index in [2.05, 4.69) is 15.5 Å². The Morgan fingerprint density at radius 3 is 2.35 bits per heavy atom. The van der Waals surface area contributed by atoms with E-state index < -0.39 is 0 Å². The van der Waals surface area contributed by atoms with Crippen LogP contribution in [0.5, 0.6) is 17.2 Å². The molecule has 0 unspecified atom stereocenters. The molecular weight excluding hydrogens is 334 g/mol. The van der Waals surface area contributed by atoms with Crippen LogP contribution in [-0.2, 0) is 6.54 Å². The number of aryl methyl sites for hydroxylation is 1. The molecule has 0 spiro atoms. The van der Waals surface area contributed by atoms with Gasteiger partial charge in [-0.2, -0.15) is 0 Å². The minimum atomic E-state index is 0.389. The van der Waals surface area contributed by atoms with Crippen molar-refractivity contribution in [3.8, 4) is 28.7 Å². The van der Waals surface area contributed by atoms with Gasteiger partial charge in [0, 0.05) is 5.56 Å². The van der Waals surface area contributed by atoms with E-state index in [0.717, 1.165) is 22.6 Å². The van der Waals surface area contributed by atoms with Crippen molar-refractivity contribution >= 4 is 5.69 Å². The zero-order chi connectivity index (χ0) is 18.5. The summed E-state index contributed by atoms with van der Waals surface area (Å²) in [6, 6.07) is 11.4. The lowest BCUT2D eigenvalue weighted by Gasteiger charge is -2.10. The molecule has 1 aromatic heterocycles. The summed E-state index contributed by atoms with van der Waals surface area (Å²) in [5.41, 5.74) is 2.76. The number of nitrogens with zero attached hydrogens (tertiary/aromatic N) is 2. The number of anilines is 1. The van der Waals surface area contributed by atoms with E-state index in [1.54, 1.807) is 33.5 Å². The Hall–Kier alpha value is -3.22. The van der Waals surface area contributed by atoms with Crippen LogP contribution in [0.3, 0.4) is 0 Å². The molecule has 0 aliphatic carbocycles. The van der Waals surface area contributed by atoms with E-state index in [4.69, 9.17) is 18.6 Å². The van der Waals surface area contributed by atoms with Crippen molar-refractivity contribution < 1.29 is 18.6 Å². The van der Waals surface area contributed by atoms with E-state index in [0.29, 0.717) is 29.8 Å². The maximum Gasteiger partial charge on any atom is 0.247 e. The Morgan fingerprint density at radius 2 is 1.62 bits per heavy atom. The summed E-state index contributed by atoms with van der Waals surface area (Å²) >= 11 is 0. The van der Waals surface area contributed by atoms with Crippen LogP contribution in [0.1, 0.15) is 11.5 Å². The predicted molar refractivity (Wildman–Crippen MR) is 97.9 cm³/mol. The van der Waals surface area contributed by atoms with Gasteiger partial charge in [0.2, 0.25) is 11.8 Å². The molecule has 7 heteroatoms. The van der Waals surface area contributed by atoms with Crippen LogP contribution in [0.4, 0.5) is 5.69 Å². The molecule has 0 atom stereocenters. The summed E-state index contributed by atoms with van der Waals surface area (Å²) in [6.45, 7) is 2.41. The van der Waals surface area contributed by atoms with Gasteiger partial charge in [-0.1, -0.05) is 6.07 Å². The van der Waals surface area contributed by atoms with Gasteiger partial charge in [0.25, 0.3) is 0 Å². The first-order valence-corrected chi connectivity index (χ1v) is 8.08. The number of benzene rings is 2. The molecule has 7 nitrogen and oxygen atoms in total. The van der Waals surface area contributed by atoms with Crippen molar-refractivity contribution in [2.45, 2.75) is 13.5 Å². The van der Waals surface area contributed by atoms with Gasteiger partial charge in [0.1, 0.15) is 5.75 Å². The highest BCUT2D eigenvalue weighted by Gasteiger charge is 2.13. The molecule has 0 radical (unpaired) electrons. The number of methoxy groups -OCH3 is 3. The van der Waals surface area contributed by atoms with Crippen LogP contribution in [0.2, 0.25) is 0 Å². The lowest BCUT2D eigenvalue weighted by molar-refractivity contribution is 0.355. The Bertz CT molecular complexity index is 892. The number of hydrogen-bond donors (Lipinski definition) is 1. The van der Waals surface area contributed by atoms with E-state index in [1.807, 2.05) is 31.2 Å². The molecule has 2 aromatic carbocycles. The maximum absolute atomic E-state index is 5.75. The topological polar surface area (TPSA) is 78.6 Å². The molecular formula is C19H21N3O4. The fourth-order valence-electron chi connectivity index (χ4n) is 2.54. The maximum atomic E-state index is 5.75. The second-order valence-corrected chi connectivity index (χ2v) is 5.63. The predicted octanol–water partition coefficient (Wildman–Crippen LogP) is 3.68. The molecule has 136 valence electrons. The highest BCUT2D eigenvalue weighted by atomic mass is 16.5. The van der Waals surface area contributed by atoms with Crippen molar-refractivity contribution in [3.63, 3.8) is 0 Å². The summed E-state index contributed by atoms with van der Waals surface area (Å²) in [7, 11) is 4.81. The second-order valence-electron chi connectivity index (χ2n) is 5.63. The molecule has 1 heterocycles. The third kappa shape index (κ3) is 3.72. The summed E-state index contributed by atoms with van der Waals surface area (Å²) in [6.07, 6.45) is 0. The number of rotatable bonds is 7. The molecule has 0 amide bonds. The summed E-state index contributed by atoms with van der Waals surface area (Å²) in [5.74, 6) is 2.89. The Kier molecular flexibility index (Phi) is 5.26. The zero-order valence-electron chi connectivity index (χ0n) is 15.2. The third-order valence-electron chi connectivity index (χ3n) is 3.88. The summed E-state index contributed by atoms with van der Waals surface area (Å²) in [5, 5.41) is 11.5. The van der Waals surface area contributed by atoms with Gasteiger partial charge < -0.3 is 23.9 Å². The quantitative estimate of drug-likeness (QED) is 0.692. The van der Waals surface area contributed by atoms with Gasteiger partial charge in [-0.05, 0) is 42.8 Å². The van der Waals surface area contributed by atoms with E-state index in [-0.39, 0.29) is 0 Å². The molecule has 26 heavy (non-hydrogen) atoms. The van der Waals surface area contributed by atoms with Crippen molar-refractivity contribution in [2.24, 2.45) is 0 Å². The van der Waals surface area contributed by atoms with Crippen molar-refractivity contribution in [3.05, 3.63) is 47.9 Å². The normalized spacial score (nSPS) is 10.5. The first-order chi connectivity index (χ1) is 12.6. The molecule has 0 bridgehead atoms. The molecule has 3 rings (SSSR count). The first kappa shape index (κ1) is 17.6. The Morgan fingerprint density at radius 1 is 0.885 bits per heavy atom. The number of ether oxygens (including phenoxy) is 3. The monoisotopic (exact) mass is 355 g/mol. The highest BCUT2D eigenvalue weighted by molar-refractivity contribution is 5.60. The number of aromatic nitrogens is 2. The van der Waals surface area contributed by atoms with Gasteiger partial charge in [0.05, 0.1) is 33.6 Å². The van der Waals surface area contributed by atoms with Crippen LogP contribution in [-0.4, -0.2) is 31.5 Å². The van der Waals surface area contributed by atoms with Gasteiger partial charge in [-0.3, -0.25) is 0 Å². The average molecular weight is 355 g/mol. The van der Waals surface area contributed by atoms with Gasteiger partial charge in [0.15, 0.2) is 11.5 Å². The van der Waals surface area contributed by atoms with Crippen LogP contribution >= 0.6 is 0 Å². The van der Waals surface area contributed by atoms with E-state index >= 15 is 0 Å². The van der Waals surface area contributed by atoms with Crippen LogP contribution in [0.25, 0.3) is 11.5 Å². The highest BCUT2D eigenvalue weighted by Crippen LogP contribution is 2.32. The standard InChI is InChI=1S/C19H21N3O4/c1-12-5-7-15(23-2)14(9-12)20-11-18-21-22-19(26-18)13-6-8-16(24-3)17(10-13)25-4/h5-10,20H,11H2,1-4H3. The fourth-order valence-corrected chi connectivity index (χ4v) is 2.54. The molecule has 0 saturated heterocycles. The lowest BCUT2D eigenvalue weighted by atomic mass is 10.2. The van der Waals surface area contributed by atoms with Crippen molar-refractivity contribution in [1.29, 1.82) is 0 Å². The summed E-state index contributed by atoms with van der Waals surface area (Å²) < 4.78 is 21.6. The van der Waals surface area contributed by atoms with Crippen LogP contribution in [0.15, 0.2) is 40.8 Å². The smallest absolute Gasteiger partial charge is 0.247 e. The molecule has 0 aliphatic rings. The molecule has 0 saturated carbocycles. The minimum absolute atomic E-state index is 0.389. The zero-order valence-corrected chi connectivity index (χ0v) is 15.2. The van der Waals surface area contributed by atoms with E-state index in [1.165, 1.54) is 0 Å².